The zero-order valence-corrected chi connectivity index (χ0v) is 10.1. The van der Waals surface area contributed by atoms with E-state index in [1.807, 2.05) is 0 Å². The molecule has 60 valence electrons. The van der Waals surface area contributed by atoms with Gasteiger partial charge in [0.15, 0.2) is 0 Å². The van der Waals surface area contributed by atoms with E-state index in [1.54, 1.807) is 0 Å². The van der Waals surface area contributed by atoms with Crippen molar-refractivity contribution >= 4 is 45.7 Å². The second-order valence-corrected chi connectivity index (χ2v) is 3.92. The van der Waals surface area contributed by atoms with Crippen molar-refractivity contribution in [2.24, 2.45) is 0 Å². The average molecular weight is 367 g/mol. The SMILES string of the molecule is CN(CNI)C1(NI)CC1. The molecule has 1 aliphatic carbocycles. The highest BCUT2D eigenvalue weighted by atomic mass is 127. The van der Waals surface area contributed by atoms with Crippen LogP contribution >= 0.6 is 45.7 Å². The largest absolute Gasteiger partial charge is 0.274 e. The molecule has 0 amide bonds. The number of hydrogen-bond acceptors (Lipinski definition) is 3. The fraction of sp³-hybridized carbons (Fsp3) is 1.00. The van der Waals surface area contributed by atoms with Crippen LogP contribution in [0.2, 0.25) is 0 Å². The summed E-state index contributed by atoms with van der Waals surface area (Å²) in [6, 6.07) is 0. The van der Waals surface area contributed by atoms with E-state index in [0.717, 1.165) is 6.67 Å². The van der Waals surface area contributed by atoms with Crippen molar-refractivity contribution in [1.29, 1.82) is 0 Å². The molecule has 1 aliphatic rings. The highest BCUT2D eigenvalue weighted by Gasteiger charge is 2.45. The van der Waals surface area contributed by atoms with Crippen molar-refractivity contribution in [2.75, 3.05) is 13.7 Å². The fourth-order valence-corrected chi connectivity index (χ4v) is 2.37. The monoisotopic (exact) mass is 367 g/mol. The third-order valence-electron chi connectivity index (χ3n) is 1.93. The number of rotatable bonds is 4. The van der Waals surface area contributed by atoms with Crippen LogP contribution in [0, 0.1) is 0 Å². The normalized spacial score (nSPS) is 21.6. The molecule has 0 unspecified atom stereocenters. The minimum atomic E-state index is 0.304. The van der Waals surface area contributed by atoms with Crippen molar-refractivity contribution < 1.29 is 0 Å². The summed E-state index contributed by atoms with van der Waals surface area (Å²) < 4.78 is 6.39. The Balaban J connectivity index is 2.32. The van der Waals surface area contributed by atoms with Crippen molar-refractivity contribution in [3.05, 3.63) is 0 Å². The number of nitrogens with zero attached hydrogens (tertiary/aromatic N) is 1. The molecule has 0 atom stereocenters. The van der Waals surface area contributed by atoms with Gasteiger partial charge in [-0.1, -0.05) is 0 Å². The first-order valence-corrected chi connectivity index (χ1v) is 5.33. The lowest BCUT2D eigenvalue weighted by molar-refractivity contribution is 0.219. The van der Waals surface area contributed by atoms with Gasteiger partial charge in [0.25, 0.3) is 0 Å². The third-order valence-corrected chi connectivity index (χ3v) is 3.27. The van der Waals surface area contributed by atoms with E-state index < -0.39 is 0 Å². The molecular formula is C5H11I2N3. The minimum Gasteiger partial charge on any atom is -0.274 e. The zero-order valence-electron chi connectivity index (χ0n) is 5.82. The van der Waals surface area contributed by atoms with Crippen LogP contribution in [-0.4, -0.2) is 24.3 Å². The Morgan fingerprint density at radius 1 is 1.50 bits per heavy atom. The number of hydrogen-bond donors (Lipinski definition) is 2. The predicted octanol–water partition coefficient (Wildman–Crippen LogP) is 1.25. The van der Waals surface area contributed by atoms with Gasteiger partial charge in [-0.05, 0) is 19.9 Å². The lowest BCUT2D eigenvalue weighted by Crippen LogP contribution is -2.44. The van der Waals surface area contributed by atoms with Crippen LogP contribution in [0.25, 0.3) is 0 Å². The van der Waals surface area contributed by atoms with Crippen LogP contribution in [0.4, 0.5) is 0 Å². The zero-order chi connectivity index (χ0) is 7.61. The van der Waals surface area contributed by atoms with Gasteiger partial charge in [-0.15, -0.1) is 0 Å². The molecule has 3 nitrogen and oxygen atoms in total. The second-order valence-electron chi connectivity index (χ2n) is 2.62. The molecule has 0 aromatic rings. The third kappa shape index (κ3) is 1.93. The van der Waals surface area contributed by atoms with E-state index in [-0.39, 0.29) is 0 Å². The van der Waals surface area contributed by atoms with Gasteiger partial charge in [-0.3, -0.25) is 4.90 Å². The van der Waals surface area contributed by atoms with Crippen LogP contribution in [0.5, 0.6) is 0 Å². The summed E-state index contributed by atoms with van der Waals surface area (Å²) in [6.45, 7) is 0.941. The van der Waals surface area contributed by atoms with Gasteiger partial charge < -0.3 is 0 Å². The summed E-state index contributed by atoms with van der Waals surface area (Å²) in [4.78, 5) is 2.30. The lowest BCUT2D eigenvalue weighted by atomic mass is 10.5. The molecule has 0 aliphatic heterocycles. The molecule has 10 heavy (non-hydrogen) atoms. The van der Waals surface area contributed by atoms with E-state index in [1.165, 1.54) is 12.8 Å². The first kappa shape index (κ1) is 9.43. The van der Waals surface area contributed by atoms with Crippen molar-refractivity contribution in [3.8, 4) is 0 Å². The maximum atomic E-state index is 3.29. The number of nitrogens with one attached hydrogen (secondary N) is 2. The first-order valence-electron chi connectivity index (χ1n) is 3.18. The van der Waals surface area contributed by atoms with Crippen LogP contribution in [0.15, 0.2) is 0 Å². The molecule has 1 fully saturated rings. The Kier molecular flexibility index (Phi) is 3.61. The maximum absolute atomic E-state index is 3.29. The maximum Gasteiger partial charge on any atom is 0.0808 e. The van der Waals surface area contributed by atoms with E-state index >= 15 is 0 Å². The summed E-state index contributed by atoms with van der Waals surface area (Å²) in [5.74, 6) is 0. The summed E-state index contributed by atoms with van der Waals surface area (Å²) in [6.07, 6.45) is 2.54. The molecular weight excluding hydrogens is 356 g/mol. The van der Waals surface area contributed by atoms with Crippen LogP contribution in [0.3, 0.4) is 0 Å². The van der Waals surface area contributed by atoms with E-state index in [2.05, 4.69) is 64.7 Å². The summed E-state index contributed by atoms with van der Waals surface area (Å²) in [7, 11) is 2.13. The molecule has 1 saturated carbocycles. The molecule has 1 rings (SSSR count). The van der Waals surface area contributed by atoms with Gasteiger partial charge >= 0.3 is 0 Å². The topological polar surface area (TPSA) is 27.3 Å². The Morgan fingerprint density at radius 2 is 2.10 bits per heavy atom. The van der Waals surface area contributed by atoms with Crippen LogP contribution < -0.4 is 7.06 Å². The molecule has 0 saturated heterocycles. The van der Waals surface area contributed by atoms with Gasteiger partial charge in [0, 0.05) is 45.7 Å². The summed E-state index contributed by atoms with van der Waals surface area (Å²) in [5, 5.41) is 0. The second kappa shape index (κ2) is 3.83. The Labute approximate surface area is 89.3 Å². The molecule has 0 aromatic heterocycles. The van der Waals surface area contributed by atoms with Crippen molar-refractivity contribution in [2.45, 2.75) is 18.5 Å². The summed E-state index contributed by atoms with van der Waals surface area (Å²) in [5.41, 5.74) is 0.304. The van der Waals surface area contributed by atoms with E-state index in [4.69, 9.17) is 0 Å². The molecule has 0 bridgehead atoms. The van der Waals surface area contributed by atoms with Gasteiger partial charge in [0.2, 0.25) is 0 Å². The first-order chi connectivity index (χ1) is 4.75. The van der Waals surface area contributed by atoms with Gasteiger partial charge in [0.1, 0.15) is 0 Å². The van der Waals surface area contributed by atoms with Crippen molar-refractivity contribution in [3.63, 3.8) is 0 Å². The van der Waals surface area contributed by atoms with Gasteiger partial charge in [-0.25, -0.2) is 7.06 Å². The fourth-order valence-electron chi connectivity index (χ4n) is 0.908. The summed E-state index contributed by atoms with van der Waals surface area (Å²) >= 11 is 4.39. The molecule has 0 heterocycles. The molecule has 0 radical (unpaired) electrons. The smallest absolute Gasteiger partial charge is 0.0808 e. The number of halogens is 2. The lowest BCUT2D eigenvalue weighted by Gasteiger charge is -2.25. The average Bonchev–Trinajstić information content (AvgIpc) is 2.68. The van der Waals surface area contributed by atoms with Crippen LogP contribution in [-0.2, 0) is 0 Å². The predicted molar refractivity (Wildman–Crippen MR) is 58.9 cm³/mol. The standard InChI is InChI=1S/C5H11I2N3/c1-10(4-8-6)5(9-7)2-3-5/h8-9H,2-4H2,1H3. The van der Waals surface area contributed by atoms with Crippen molar-refractivity contribution in [1.82, 2.24) is 12.0 Å². The van der Waals surface area contributed by atoms with Crippen LogP contribution in [0.1, 0.15) is 12.8 Å². The quantitative estimate of drug-likeness (QED) is 0.445. The Hall–Kier alpha value is 1.34. The highest BCUT2D eigenvalue weighted by molar-refractivity contribution is 14.1. The van der Waals surface area contributed by atoms with E-state index in [9.17, 15) is 0 Å². The van der Waals surface area contributed by atoms with E-state index in [0.29, 0.717) is 5.66 Å². The molecule has 0 spiro atoms. The Bertz CT molecular complexity index is 115. The Morgan fingerprint density at radius 3 is 2.40 bits per heavy atom. The molecule has 0 aromatic carbocycles. The van der Waals surface area contributed by atoms with Gasteiger partial charge in [-0.2, -0.15) is 0 Å². The minimum absolute atomic E-state index is 0.304. The molecule has 5 heteroatoms. The molecule has 2 N–H and O–H groups in total. The highest BCUT2D eigenvalue weighted by Crippen LogP contribution is 2.38. The van der Waals surface area contributed by atoms with Gasteiger partial charge in [0.05, 0.1) is 12.3 Å².